The van der Waals surface area contributed by atoms with Crippen LogP contribution in [0.3, 0.4) is 0 Å². The van der Waals surface area contributed by atoms with E-state index in [0.717, 1.165) is 28.1 Å². The van der Waals surface area contributed by atoms with Crippen molar-refractivity contribution in [2.45, 2.75) is 19.4 Å². The van der Waals surface area contributed by atoms with Crippen LogP contribution < -0.4 is 15.0 Å². The van der Waals surface area contributed by atoms with E-state index in [2.05, 4.69) is 10.2 Å². The highest BCUT2D eigenvalue weighted by Gasteiger charge is 2.29. The number of nitrogens with zero attached hydrogens (tertiary/aromatic N) is 4. The largest absolute Gasteiger partial charge is 0.493 e. The van der Waals surface area contributed by atoms with Crippen LogP contribution in [-0.4, -0.2) is 53.4 Å². The topological polar surface area (TPSA) is 81.0 Å². The summed E-state index contributed by atoms with van der Waals surface area (Å²) in [6, 6.07) is 13.1. The van der Waals surface area contributed by atoms with E-state index in [1.54, 1.807) is 16.8 Å². The van der Waals surface area contributed by atoms with Gasteiger partial charge < -0.3 is 19.7 Å². The summed E-state index contributed by atoms with van der Waals surface area (Å²) in [4.78, 5) is 20.6. The molecule has 1 atom stereocenters. The maximum Gasteiger partial charge on any atom is 0.257 e. The van der Waals surface area contributed by atoms with Crippen molar-refractivity contribution in [2.75, 3.05) is 37.8 Å². The monoisotopic (exact) mass is 537 g/mol. The number of rotatable bonds is 4. The van der Waals surface area contributed by atoms with Gasteiger partial charge >= 0.3 is 0 Å². The smallest absolute Gasteiger partial charge is 0.257 e. The zero-order valence-electron chi connectivity index (χ0n) is 20.2. The van der Waals surface area contributed by atoms with E-state index in [4.69, 9.17) is 42.8 Å². The lowest BCUT2D eigenvalue weighted by molar-refractivity contribution is 0.0922. The van der Waals surface area contributed by atoms with Gasteiger partial charge in [0, 0.05) is 36.8 Å². The normalized spacial score (nSPS) is 17.4. The number of morpholine rings is 1. The Morgan fingerprint density at radius 3 is 2.73 bits per heavy atom. The summed E-state index contributed by atoms with van der Waals surface area (Å²) in [6.07, 6.45) is 2.31. The Balaban J connectivity index is 1.46. The lowest BCUT2D eigenvalue weighted by Gasteiger charge is -2.31. The molecule has 0 unspecified atom stereocenters. The highest BCUT2D eigenvalue weighted by atomic mass is 35.5. The lowest BCUT2D eigenvalue weighted by Crippen LogP contribution is -2.40. The maximum atomic E-state index is 13.8. The number of benzene rings is 2. The third-order valence-corrected chi connectivity index (χ3v) is 7.65. The standard InChI is InChI=1S/C27H25Cl2N5O3/c1-16-23(18-6-4-7-20(28)24(18)29)25-30-15-19(27(34(25)32-16)33-10-13-36-14-11-33)26(35)31-21-9-12-37-22-8-3-2-5-17(21)22/h2-8,15,21H,9-14H2,1H3,(H,31,35)/t21-/m0/s1. The number of aryl methyl sites for hydroxylation is 1. The maximum absolute atomic E-state index is 13.8. The number of ether oxygens (including phenoxy) is 2. The molecule has 190 valence electrons. The summed E-state index contributed by atoms with van der Waals surface area (Å²) in [5.41, 5.74) is 4.30. The summed E-state index contributed by atoms with van der Waals surface area (Å²) < 4.78 is 13.1. The number of anilines is 1. The summed E-state index contributed by atoms with van der Waals surface area (Å²) in [7, 11) is 0. The van der Waals surface area contributed by atoms with Crippen molar-refractivity contribution in [1.29, 1.82) is 0 Å². The number of nitrogens with one attached hydrogen (secondary N) is 1. The van der Waals surface area contributed by atoms with Crippen LogP contribution in [0, 0.1) is 6.92 Å². The second-order valence-corrected chi connectivity index (χ2v) is 9.88. The van der Waals surface area contributed by atoms with E-state index < -0.39 is 0 Å². The molecule has 2 aromatic heterocycles. The summed E-state index contributed by atoms with van der Waals surface area (Å²) >= 11 is 12.9. The zero-order valence-corrected chi connectivity index (χ0v) is 21.7. The summed E-state index contributed by atoms with van der Waals surface area (Å²) in [6.45, 7) is 4.83. The van der Waals surface area contributed by atoms with Gasteiger partial charge in [-0.1, -0.05) is 53.5 Å². The molecule has 1 fully saturated rings. The summed E-state index contributed by atoms with van der Waals surface area (Å²) in [5, 5.41) is 8.94. The SMILES string of the molecule is Cc1nn2c(N3CCOCC3)c(C(=O)N[C@H]3CCOc4ccccc43)cnc2c1-c1cccc(Cl)c1Cl. The molecule has 4 heterocycles. The predicted octanol–water partition coefficient (Wildman–Crippen LogP) is 5.10. The van der Waals surface area contributed by atoms with E-state index in [1.165, 1.54) is 0 Å². The molecule has 1 N–H and O–H groups in total. The molecule has 1 amide bonds. The fourth-order valence-corrected chi connectivity index (χ4v) is 5.45. The minimum Gasteiger partial charge on any atom is -0.493 e. The highest BCUT2D eigenvalue weighted by molar-refractivity contribution is 6.43. The van der Waals surface area contributed by atoms with Crippen LogP contribution in [0.15, 0.2) is 48.7 Å². The number of carbonyl (C=O) groups is 1. The number of fused-ring (bicyclic) bond motifs is 2. The molecule has 0 spiro atoms. The van der Waals surface area contributed by atoms with E-state index in [1.807, 2.05) is 43.3 Å². The number of hydrogen-bond donors (Lipinski definition) is 1. The molecule has 37 heavy (non-hydrogen) atoms. The Morgan fingerprint density at radius 2 is 1.89 bits per heavy atom. The molecule has 2 aliphatic heterocycles. The fourth-order valence-electron chi connectivity index (χ4n) is 5.06. The van der Waals surface area contributed by atoms with Crippen LogP contribution >= 0.6 is 23.2 Å². The van der Waals surface area contributed by atoms with Crippen molar-refractivity contribution < 1.29 is 14.3 Å². The average Bonchev–Trinajstić information content (AvgIpc) is 3.26. The molecule has 2 aromatic carbocycles. The second kappa shape index (κ2) is 9.85. The van der Waals surface area contributed by atoms with Gasteiger partial charge in [-0.15, -0.1) is 0 Å². The van der Waals surface area contributed by atoms with Gasteiger partial charge in [0.05, 0.1) is 47.2 Å². The van der Waals surface area contributed by atoms with E-state index in [0.29, 0.717) is 66.4 Å². The van der Waals surface area contributed by atoms with Gasteiger partial charge in [-0.2, -0.15) is 9.61 Å². The first-order valence-corrected chi connectivity index (χ1v) is 13.0. The van der Waals surface area contributed by atoms with Gasteiger partial charge in [0.25, 0.3) is 5.91 Å². The highest BCUT2D eigenvalue weighted by Crippen LogP contribution is 2.38. The molecule has 4 aromatic rings. The average molecular weight is 538 g/mol. The first kappa shape index (κ1) is 24.0. The van der Waals surface area contributed by atoms with Crippen LogP contribution in [0.2, 0.25) is 10.0 Å². The third kappa shape index (κ3) is 4.29. The fraction of sp³-hybridized carbons (Fsp3) is 0.296. The minimum atomic E-state index is -0.215. The van der Waals surface area contributed by atoms with Gasteiger partial charge in [0.1, 0.15) is 17.1 Å². The second-order valence-electron chi connectivity index (χ2n) is 9.09. The molecule has 1 saturated heterocycles. The van der Waals surface area contributed by atoms with Crippen molar-refractivity contribution in [2.24, 2.45) is 0 Å². The molecule has 0 bridgehead atoms. The Bertz CT molecular complexity index is 1500. The molecule has 0 radical (unpaired) electrons. The number of hydrogen-bond acceptors (Lipinski definition) is 6. The van der Waals surface area contributed by atoms with Crippen molar-refractivity contribution in [3.05, 3.63) is 75.5 Å². The quantitative estimate of drug-likeness (QED) is 0.390. The van der Waals surface area contributed by atoms with Crippen molar-refractivity contribution in [3.8, 4) is 16.9 Å². The Labute approximate surface area is 224 Å². The van der Waals surface area contributed by atoms with E-state index >= 15 is 0 Å². The molecule has 8 nitrogen and oxygen atoms in total. The van der Waals surface area contributed by atoms with Gasteiger partial charge in [-0.05, 0) is 19.1 Å². The Kier molecular flexibility index (Phi) is 6.40. The molecular formula is C27H25Cl2N5O3. The minimum absolute atomic E-state index is 0.161. The Morgan fingerprint density at radius 1 is 1.08 bits per heavy atom. The van der Waals surface area contributed by atoms with Crippen molar-refractivity contribution >= 4 is 40.6 Å². The molecule has 0 saturated carbocycles. The first-order valence-electron chi connectivity index (χ1n) is 12.2. The van der Waals surface area contributed by atoms with E-state index in [-0.39, 0.29) is 11.9 Å². The number of halogens is 2. The first-order chi connectivity index (χ1) is 18.0. The lowest BCUT2D eigenvalue weighted by atomic mass is 10.0. The van der Waals surface area contributed by atoms with Gasteiger partial charge in [0.15, 0.2) is 5.65 Å². The van der Waals surface area contributed by atoms with Crippen LogP contribution in [-0.2, 0) is 4.74 Å². The summed E-state index contributed by atoms with van der Waals surface area (Å²) in [5.74, 6) is 1.26. The number of amides is 1. The molecule has 10 heteroatoms. The molecule has 6 rings (SSSR count). The molecule has 0 aliphatic carbocycles. The van der Waals surface area contributed by atoms with Crippen LogP contribution in [0.25, 0.3) is 16.8 Å². The molecular weight excluding hydrogens is 513 g/mol. The Hall–Kier alpha value is -3.33. The zero-order chi connectivity index (χ0) is 25.5. The van der Waals surface area contributed by atoms with Gasteiger partial charge in [-0.3, -0.25) is 4.79 Å². The van der Waals surface area contributed by atoms with Crippen molar-refractivity contribution in [1.82, 2.24) is 19.9 Å². The van der Waals surface area contributed by atoms with E-state index in [9.17, 15) is 4.79 Å². The van der Waals surface area contributed by atoms with Gasteiger partial charge in [0.2, 0.25) is 0 Å². The predicted molar refractivity (Wildman–Crippen MR) is 143 cm³/mol. The number of aromatic nitrogens is 3. The third-order valence-electron chi connectivity index (χ3n) is 6.83. The van der Waals surface area contributed by atoms with Crippen molar-refractivity contribution in [3.63, 3.8) is 0 Å². The molecule has 2 aliphatic rings. The van der Waals surface area contributed by atoms with Crippen LogP contribution in [0.1, 0.15) is 34.1 Å². The number of carbonyl (C=O) groups excluding carboxylic acids is 1. The van der Waals surface area contributed by atoms with Crippen LogP contribution in [0.5, 0.6) is 5.75 Å². The van der Waals surface area contributed by atoms with Gasteiger partial charge in [-0.25, -0.2) is 4.98 Å². The van der Waals surface area contributed by atoms with Crippen LogP contribution in [0.4, 0.5) is 5.82 Å². The number of para-hydroxylation sites is 1.